The first-order valence-electron chi connectivity index (χ1n) is 6.39. The average molecular weight is 258 g/mol. The monoisotopic (exact) mass is 257 g/mol. The maximum atomic E-state index is 5.85. The lowest BCUT2D eigenvalue weighted by Crippen LogP contribution is -1.99. The molecule has 2 aromatic rings. The third-order valence-electron chi connectivity index (χ3n) is 3.37. The molecule has 2 heteroatoms. The highest BCUT2D eigenvalue weighted by atomic mass is 35.5. The van der Waals surface area contributed by atoms with Crippen LogP contribution in [0.4, 0.5) is 5.69 Å². The lowest BCUT2D eigenvalue weighted by molar-refractivity contribution is 1.10. The van der Waals surface area contributed by atoms with Crippen molar-refractivity contribution in [2.45, 2.75) is 25.3 Å². The molecule has 2 aromatic carbocycles. The minimum Gasteiger partial charge on any atom is -0.381 e. The van der Waals surface area contributed by atoms with Gasteiger partial charge in [-0.2, -0.15) is 0 Å². The van der Waals surface area contributed by atoms with Crippen molar-refractivity contribution in [2.24, 2.45) is 0 Å². The van der Waals surface area contributed by atoms with Crippen molar-refractivity contribution in [1.29, 1.82) is 0 Å². The van der Waals surface area contributed by atoms with Gasteiger partial charge >= 0.3 is 0 Å². The molecule has 0 bridgehead atoms. The molecule has 1 fully saturated rings. The highest BCUT2D eigenvalue weighted by Gasteiger charge is 2.22. The Bertz CT molecular complexity index is 512. The maximum Gasteiger partial charge on any atom is 0.0407 e. The molecule has 1 N–H and O–H groups in total. The van der Waals surface area contributed by atoms with Gasteiger partial charge in [-0.05, 0) is 54.2 Å². The van der Waals surface area contributed by atoms with Gasteiger partial charge in [0.25, 0.3) is 0 Å². The lowest BCUT2D eigenvalue weighted by Gasteiger charge is -2.07. The van der Waals surface area contributed by atoms with E-state index < -0.39 is 0 Å². The van der Waals surface area contributed by atoms with Crippen molar-refractivity contribution in [1.82, 2.24) is 0 Å². The summed E-state index contributed by atoms with van der Waals surface area (Å²) in [6, 6.07) is 16.8. The molecule has 18 heavy (non-hydrogen) atoms. The van der Waals surface area contributed by atoms with E-state index in [-0.39, 0.29) is 0 Å². The normalized spacial score (nSPS) is 14.5. The van der Waals surface area contributed by atoms with E-state index >= 15 is 0 Å². The van der Waals surface area contributed by atoms with Gasteiger partial charge in [0.15, 0.2) is 0 Å². The van der Waals surface area contributed by atoms with Crippen molar-refractivity contribution in [3.63, 3.8) is 0 Å². The molecule has 0 amide bonds. The van der Waals surface area contributed by atoms with Crippen molar-refractivity contribution >= 4 is 17.3 Å². The third-order valence-corrected chi connectivity index (χ3v) is 3.62. The van der Waals surface area contributed by atoms with Gasteiger partial charge in [-0.15, -0.1) is 0 Å². The maximum absolute atomic E-state index is 5.85. The zero-order chi connectivity index (χ0) is 12.4. The van der Waals surface area contributed by atoms with E-state index in [9.17, 15) is 0 Å². The Morgan fingerprint density at radius 2 is 1.61 bits per heavy atom. The van der Waals surface area contributed by atoms with Gasteiger partial charge in [0, 0.05) is 17.3 Å². The first-order chi connectivity index (χ1) is 8.81. The fraction of sp³-hybridized carbons (Fsp3) is 0.250. The van der Waals surface area contributed by atoms with Crippen molar-refractivity contribution in [3.05, 3.63) is 64.7 Å². The van der Waals surface area contributed by atoms with Crippen LogP contribution in [0.1, 0.15) is 29.9 Å². The molecule has 1 aliphatic rings. The van der Waals surface area contributed by atoms with Crippen LogP contribution in [0, 0.1) is 0 Å². The molecule has 0 heterocycles. The smallest absolute Gasteiger partial charge is 0.0407 e. The van der Waals surface area contributed by atoms with Crippen LogP contribution in [0.2, 0.25) is 5.02 Å². The molecule has 0 aliphatic heterocycles. The molecule has 0 atom stereocenters. The predicted octanol–water partition coefficient (Wildman–Crippen LogP) is 4.83. The number of halogens is 1. The Morgan fingerprint density at radius 3 is 2.22 bits per heavy atom. The van der Waals surface area contributed by atoms with Gasteiger partial charge in [-0.3, -0.25) is 0 Å². The summed E-state index contributed by atoms with van der Waals surface area (Å²) in [6.07, 6.45) is 2.73. The van der Waals surface area contributed by atoms with E-state index in [1.807, 2.05) is 24.3 Å². The molecule has 0 aromatic heterocycles. The first kappa shape index (κ1) is 11.6. The van der Waals surface area contributed by atoms with Crippen LogP contribution in [0.25, 0.3) is 0 Å². The van der Waals surface area contributed by atoms with Gasteiger partial charge in [0.2, 0.25) is 0 Å². The van der Waals surface area contributed by atoms with Crippen LogP contribution in [0.15, 0.2) is 48.5 Å². The van der Waals surface area contributed by atoms with E-state index in [2.05, 4.69) is 29.6 Å². The summed E-state index contributed by atoms with van der Waals surface area (Å²) in [5, 5.41) is 4.17. The first-order valence-corrected chi connectivity index (χ1v) is 6.77. The van der Waals surface area contributed by atoms with Crippen LogP contribution in [-0.2, 0) is 6.54 Å². The van der Waals surface area contributed by atoms with Gasteiger partial charge < -0.3 is 5.32 Å². The largest absolute Gasteiger partial charge is 0.381 e. The molecule has 1 saturated carbocycles. The molecule has 3 rings (SSSR count). The van der Waals surface area contributed by atoms with Crippen LogP contribution in [0.5, 0.6) is 0 Å². The summed E-state index contributed by atoms with van der Waals surface area (Å²) in [5.41, 5.74) is 3.91. The standard InChI is InChI=1S/C16H16ClN/c17-15-7-9-16(10-8-15)18-11-12-1-3-13(4-2-12)14-5-6-14/h1-4,7-10,14,18H,5-6,11H2. The average Bonchev–Trinajstić information content (AvgIpc) is 3.23. The number of hydrogen-bond donors (Lipinski definition) is 1. The van der Waals surface area contributed by atoms with E-state index in [4.69, 9.17) is 11.6 Å². The molecule has 1 aliphatic carbocycles. The van der Waals surface area contributed by atoms with Gasteiger partial charge in [-0.25, -0.2) is 0 Å². The predicted molar refractivity (Wildman–Crippen MR) is 77.2 cm³/mol. The van der Waals surface area contributed by atoms with Gasteiger partial charge in [-0.1, -0.05) is 35.9 Å². The zero-order valence-corrected chi connectivity index (χ0v) is 11.0. The lowest BCUT2D eigenvalue weighted by atomic mass is 10.1. The van der Waals surface area contributed by atoms with Gasteiger partial charge in [0.1, 0.15) is 0 Å². The fourth-order valence-electron chi connectivity index (χ4n) is 2.10. The molecular weight excluding hydrogens is 242 g/mol. The van der Waals surface area contributed by atoms with E-state index in [1.165, 1.54) is 24.0 Å². The quantitative estimate of drug-likeness (QED) is 0.827. The zero-order valence-electron chi connectivity index (χ0n) is 10.2. The Balaban J connectivity index is 1.60. The van der Waals surface area contributed by atoms with Gasteiger partial charge in [0.05, 0.1) is 0 Å². The molecule has 0 spiro atoms. The van der Waals surface area contributed by atoms with Crippen molar-refractivity contribution in [2.75, 3.05) is 5.32 Å². The number of anilines is 1. The molecule has 0 saturated heterocycles. The second kappa shape index (κ2) is 5.03. The minimum atomic E-state index is 0.773. The summed E-state index contributed by atoms with van der Waals surface area (Å²) in [7, 11) is 0. The Labute approximate surface area is 113 Å². The number of hydrogen-bond acceptors (Lipinski definition) is 1. The van der Waals surface area contributed by atoms with Crippen LogP contribution >= 0.6 is 11.6 Å². The number of nitrogens with one attached hydrogen (secondary N) is 1. The van der Waals surface area contributed by atoms with E-state index in [1.54, 1.807) is 0 Å². The Morgan fingerprint density at radius 1 is 0.944 bits per heavy atom. The summed E-state index contributed by atoms with van der Waals surface area (Å²) in [4.78, 5) is 0. The molecular formula is C16H16ClN. The number of benzene rings is 2. The van der Waals surface area contributed by atoms with E-state index in [0.717, 1.165) is 23.2 Å². The molecule has 0 unspecified atom stereocenters. The van der Waals surface area contributed by atoms with E-state index in [0.29, 0.717) is 0 Å². The summed E-state index contributed by atoms with van der Waals surface area (Å²) >= 11 is 5.85. The Kier molecular flexibility index (Phi) is 3.24. The van der Waals surface area contributed by atoms with Crippen LogP contribution in [-0.4, -0.2) is 0 Å². The molecule has 92 valence electrons. The van der Waals surface area contributed by atoms with Crippen molar-refractivity contribution in [3.8, 4) is 0 Å². The van der Waals surface area contributed by atoms with Crippen molar-refractivity contribution < 1.29 is 0 Å². The second-order valence-corrected chi connectivity index (χ2v) is 5.31. The minimum absolute atomic E-state index is 0.773. The summed E-state index contributed by atoms with van der Waals surface area (Å²) < 4.78 is 0. The topological polar surface area (TPSA) is 12.0 Å². The highest BCUT2D eigenvalue weighted by Crippen LogP contribution is 2.39. The van der Waals surface area contributed by atoms with Crippen LogP contribution in [0.3, 0.4) is 0 Å². The Hall–Kier alpha value is -1.47. The van der Waals surface area contributed by atoms with Crippen LogP contribution < -0.4 is 5.32 Å². The fourth-order valence-corrected chi connectivity index (χ4v) is 2.22. The SMILES string of the molecule is Clc1ccc(NCc2ccc(C3CC3)cc2)cc1. The highest BCUT2D eigenvalue weighted by molar-refractivity contribution is 6.30. The summed E-state index contributed by atoms with van der Waals surface area (Å²) in [6.45, 7) is 0.854. The molecule has 0 radical (unpaired) electrons. The number of rotatable bonds is 4. The second-order valence-electron chi connectivity index (χ2n) is 4.88. The third kappa shape index (κ3) is 2.85. The molecule has 1 nitrogen and oxygen atoms in total. The summed E-state index contributed by atoms with van der Waals surface area (Å²) in [5.74, 6) is 0.836.